The van der Waals surface area contributed by atoms with Crippen molar-refractivity contribution in [1.82, 2.24) is 0 Å². The summed E-state index contributed by atoms with van der Waals surface area (Å²) >= 11 is 0. The Bertz CT molecular complexity index is 925. The highest BCUT2D eigenvalue weighted by molar-refractivity contribution is 5.95. The van der Waals surface area contributed by atoms with Gasteiger partial charge < -0.3 is 86.5 Å². The minimum Gasteiger partial charge on any atom is -0.394 e. The van der Waals surface area contributed by atoms with E-state index in [4.69, 9.17) is 40.9 Å². The van der Waals surface area contributed by atoms with Gasteiger partial charge in [-0.05, 0) is 0 Å². The van der Waals surface area contributed by atoms with Crippen LogP contribution in [0.15, 0.2) is 12.7 Å². The molecule has 3 saturated heterocycles. The van der Waals surface area contributed by atoms with Crippen LogP contribution in [0.4, 0.5) is 0 Å². The molecule has 15 atom stereocenters. The molecule has 0 spiro atoms. The number of esters is 2. The van der Waals surface area contributed by atoms with Gasteiger partial charge in [0.25, 0.3) is 5.79 Å². The van der Waals surface area contributed by atoms with Crippen LogP contribution in [0, 0.1) is 0 Å². The van der Waals surface area contributed by atoms with Gasteiger partial charge in [0, 0.05) is 6.08 Å². The molecular weight excluding hydrogens is 562 g/mol. The van der Waals surface area contributed by atoms with Crippen LogP contribution >= 0.6 is 0 Å². The van der Waals surface area contributed by atoms with Gasteiger partial charge in [-0.15, -0.1) is 0 Å². The highest BCUT2D eigenvalue weighted by Gasteiger charge is 2.63. The number of hydrogen-bond donors (Lipinski definition) is 11. The fourth-order valence-corrected chi connectivity index (χ4v) is 4.70. The summed E-state index contributed by atoms with van der Waals surface area (Å²) in [7, 11) is 0. The SMILES string of the molecule is C=CC(=O)OC(=O)[C@]1(OC2[C@@H](CO)O[C@@H](OC3[C@@H](CO)O[C@@H](O)[C@H](N)[C@H]3O)[C@H](N)[C@H]2O)O[C@H](CO)[C@@H](O)[C@H](O)[C@H]1N. The molecule has 3 heterocycles. The van der Waals surface area contributed by atoms with Gasteiger partial charge in [-0.1, -0.05) is 6.58 Å². The summed E-state index contributed by atoms with van der Waals surface area (Å²) in [5.41, 5.74) is 17.8. The van der Waals surface area contributed by atoms with E-state index in [0.717, 1.165) is 0 Å². The first-order chi connectivity index (χ1) is 19.3. The van der Waals surface area contributed by atoms with Crippen molar-refractivity contribution in [2.75, 3.05) is 19.8 Å². The molecule has 3 fully saturated rings. The maximum absolute atomic E-state index is 13.1. The second kappa shape index (κ2) is 13.7. The van der Waals surface area contributed by atoms with Crippen molar-refractivity contribution >= 4 is 11.9 Å². The molecule has 3 aliphatic rings. The van der Waals surface area contributed by atoms with Crippen LogP contribution in [0.2, 0.25) is 0 Å². The number of carbonyl (C=O) groups is 2. The average Bonchev–Trinajstić information content (AvgIpc) is 2.96. The summed E-state index contributed by atoms with van der Waals surface area (Å²) in [4.78, 5) is 24.9. The first-order valence-electron chi connectivity index (χ1n) is 12.5. The van der Waals surface area contributed by atoms with Crippen LogP contribution in [0.25, 0.3) is 0 Å². The third kappa shape index (κ3) is 6.45. The number of hydrogen-bond acceptors (Lipinski definition) is 19. The topological polar surface area (TPSA) is 329 Å². The predicted octanol–water partition coefficient (Wildman–Crippen LogP) is -8.05. The lowest BCUT2D eigenvalue weighted by molar-refractivity contribution is -0.372. The fourth-order valence-electron chi connectivity index (χ4n) is 4.70. The van der Waals surface area contributed by atoms with Crippen molar-refractivity contribution in [1.29, 1.82) is 0 Å². The van der Waals surface area contributed by atoms with Gasteiger partial charge in [-0.2, -0.15) is 0 Å². The molecule has 19 heteroatoms. The van der Waals surface area contributed by atoms with Gasteiger partial charge in [0.2, 0.25) is 0 Å². The number of aliphatic hydroxyl groups is 8. The third-order valence-electron chi connectivity index (χ3n) is 7.11. The van der Waals surface area contributed by atoms with Gasteiger partial charge in [-0.3, -0.25) is 0 Å². The molecule has 19 nitrogen and oxygen atoms in total. The zero-order valence-electron chi connectivity index (χ0n) is 21.6. The van der Waals surface area contributed by atoms with E-state index < -0.39 is 123 Å². The van der Waals surface area contributed by atoms with Crippen molar-refractivity contribution in [2.24, 2.45) is 17.2 Å². The molecule has 0 aromatic carbocycles. The van der Waals surface area contributed by atoms with Crippen molar-refractivity contribution in [2.45, 2.75) is 91.4 Å². The summed E-state index contributed by atoms with van der Waals surface area (Å²) in [5, 5.41) is 81.4. The highest BCUT2D eigenvalue weighted by atomic mass is 16.8. The number of rotatable bonds is 9. The summed E-state index contributed by atoms with van der Waals surface area (Å²) in [6, 6.07) is -4.97. The molecular formula is C22H37N3O16. The maximum atomic E-state index is 13.1. The number of carbonyl (C=O) groups excluding carboxylic acids is 2. The predicted molar refractivity (Wildman–Crippen MR) is 127 cm³/mol. The van der Waals surface area contributed by atoms with E-state index in [2.05, 4.69) is 11.3 Å². The maximum Gasteiger partial charge on any atom is 0.376 e. The van der Waals surface area contributed by atoms with Crippen LogP contribution < -0.4 is 17.2 Å². The molecule has 0 amide bonds. The highest BCUT2D eigenvalue weighted by Crippen LogP contribution is 2.36. The quantitative estimate of drug-likeness (QED) is 0.0665. The Hall–Kier alpha value is -1.76. The molecule has 236 valence electrons. The Morgan fingerprint density at radius 2 is 1.37 bits per heavy atom. The number of ether oxygens (including phenoxy) is 6. The molecule has 0 aliphatic carbocycles. The standard InChI is InChI=1S/C22H37N3O16/c1-2-9(29)38-21(35)22(18(25)15(33)12(30)6(3-26)40-22)41-17-8(5-28)37-20(11(24)14(17)32)39-16-7(4-27)36-19(34)10(23)13(16)31/h2,6-8,10-20,26-28,30-34H,1,3-5,23-25H2/t6-,7-,8-,10-,11-,12-,13-,14-,15+,16?,17?,18-,19-,20+,22+/m1/s1. The zero-order valence-corrected chi connectivity index (χ0v) is 21.6. The van der Waals surface area contributed by atoms with E-state index >= 15 is 0 Å². The summed E-state index contributed by atoms with van der Waals surface area (Å²) < 4.78 is 32.1. The Balaban J connectivity index is 1.91. The van der Waals surface area contributed by atoms with E-state index in [1.165, 1.54) is 0 Å². The fraction of sp³-hybridized carbons (Fsp3) is 0.818. The van der Waals surface area contributed by atoms with Gasteiger partial charge in [-0.25, -0.2) is 9.59 Å². The molecule has 3 aliphatic heterocycles. The van der Waals surface area contributed by atoms with E-state index in [9.17, 15) is 50.4 Å². The summed E-state index contributed by atoms with van der Waals surface area (Å²) in [6.07, 6.45) is -18.0. The molecule has 0 saturated carbocycles. The minimum atomic E-state index is -2.99. The van der Waals surface area contributed by atoms with Crippen molar-refractivity contribution in [3.8, 4) is 0 Å². The molecule has 0 bridgehead atoms. The molecule has 14 N–H and O–H groups in total. The Labute approximate surface area is 232 Å². The number of aliphatic hydroxyl groups excluding tert-OH is 8. The lowest BCUT2D eigenvalue weighted by atomic mass is 9.89. The molecule has 41 heavy (non-hydrogen) atoms. The third-order valence-corrected chi connectivity index (χ3v) is 7.11. The molecule has 0 aromatic rings. The Kier molecular flexibility index (Phi) is 11.3. The van der Waals surface area contributed by atoms with Crippen LogP contribution in [-0.4, -0.2) is 164 Å². The van der Waals surface area contributed by atoms with Crippen molar-refractivity contribution in [3.05, 3.63) is 12.7 Å². The summed E-state index contributed by atoms with van der Waals surface area (Å²) in [6.45, 7) is 0.485. The van der Waals surface area contributed by atoms with Crippen LogP contribution in [-0.2, 0) is 38.0 Å². The first-order valence-corrected chi connectivity index (χ1v) is 12.5. The average molecular weight is 600 g/mol. The lowest BCUT2D eigenvalue weighted by Gasteiger charge is -2.51. The largest absolute Gasteiger partial charge is 0.394 e. The normalized spacial score (nSPS) is 47.0. The second-order valence-corrected chi connectivity index (χ2v) is 9.72. The lowest BCUT2D eigenvalue weighted by Crippen LogP contribution is -2.75. The second-order valence-electron chi connectivity index (χ2n) is 9.72. The van der Waals surface area contributed by atoms with Gasteiger partial charge in [0.15, 0.2) is 12.6 Å². The van der Waals surface area contributed by atoms with Crippen LogP contribution in [0.3, 0.4) is 0 Å². The monoisotopic (exact) mass is 599 g/mol. The molecule has 2 unspecified atom stereocenters. The Morgan fingerprint density at radius 1 is 0.805 bits per heavy atom. The van der Waals surface area contributed by atoms with E-state index in [0.29, 0.717) is 6.08 Å². The zero-order chi connectivity index (χ0) is 30.8. The van der Waals surface area contributed by atoms with E-state index in [1.54, 1.807) is 0 Å². The molecule has 3 rings (SSSR count). The van der Waals surface area contributed by atoms with Gasteiger partial charge in [0.05, 0.1) is 37.9 Å². The first kappa shape index (κ1) is 33.7. The minimum absolute atomic E-state index is 0.607. The Morgan fingerprint density at radius 3 is 1.93 bits per heavy atom. The van der Waals surface area contributed by atoms with Gasteiger partial charge in [0.1, 0.15) is 54.9 Å². The van der Waals surface area contributed by atoms with Crippen LogP contribution in [0.5, 0.6) is 0 Å². The van der Waals surface area contributed by atoms with E-state index in [-0.39, 0.29) is 0 Å². The van der Waals surface area contributed by atoms with Crippen molar-refractivity contribution < 1.29 is 78.9 Å². The number of nitrogens with two attached hydrogens (primary N) is 3. The summed E-state index contributed by atoms with van der Waals surface area (Å²) in [5.74, 6) is -5.95. The van der Waals surface area contributed by atoms with Crippen molar-refractivity contribution in [3.63, 3.8) is 0 Å². The smallest absolute Gasteiger partial charge is 0.376 e. The van der Waals surface area contributed by atoms with Crippen LogP contribution in [0.1, 0.15) is 0 Å². The van der Waals surface area contributed by atoms with E-state index in [1.807, 2.05) is 0 Å². The molecule has 0 radical (unpaired) electrons. The molecule has 0 aromatic heterocycles. The van der Waals surface area contributed by atoms with Gasteiger partial charge >= 0.3 is 11.9 Å².